The number of likely N-dealkylation sites (tertiary alicyclic amines) is 1. The molecule has 0 radical (unpaired) electrons. The second kappa shape index (κ2) is 9.34. The van der Waals surface area contributed by atoms with Crippen LogP contribution in [0.15, 0.2) is 42.9 Å². The molecule has 2 saturated heterocycles. The molecular weight excluding hydrogens is 441 g/mol. The predicted molar refractivity (Wildman–Crippen MR) is 109 cm³/mol. The van der Waals surface area contributed by atoms with E-state index in [0.717, 1.165) is 17.7 Å². The Bertz CT molecular complexity index is 987. The fraction of sp³-hybridized carbons (Fsp3) is 0.455. The third-order valence-electron chi connectivity index (χ3n) is 5.86. The number of amides is 2. The van der Waals surface area contributed by atoms with Crippen LogP contribution in [0.5, 0.6) is 5.88 Å². The number of hydrogen-bond acceptors (Lipinski definition) is 6. The highest BCUT2D eigenvalue weighted by molar-refractivity contribution is 5.90. The highest BCUT2D eigenvalue weighted by Gasteiger charge is 2.45. The Balaban J connectivity index is 1.38. The third-order valence-corrected chi connectivity index (χ3v) is 5.86. The maximum atomic E-state index is 13.3. The number of aromatic nitrogens is 2. The lowest BCUT2D eigenvalue weighted by Gasteiger charge is -2.35. The first-order valence-electron chi connectivity index (χ1n) is 10.5. The van der Waals surface area contributed by atoms with E-state index in [2.05, 4.69) is 9.97 Å². The smallest absolute Gasteiger partial charge is 0.417 e. The molecule has 176 valence electrons. The lowest BCUT2D eigenvalue weighted by molar-refractivity contribution is -0.145. The Labute approximate surface area is 188 Å². The van der Waals surface area contributed by atoms with Gasteiger partial charge in [-0.1, -0.05) is 6.07 Å². The zero-order chi connectivity index (χ0) is 23.6. The summed E-state index contributed by atoms with van der Waals surface area (Å²) in [5.41, 5.74) is -0.0643. The van der Waals surface area contributed by atoms with Gasteiger partial charge in [0.2, 0.25) is 17.7 Å². The minimum Gasteiger partial charge on any atom is -0.475 e. The predicted octanol–water partition coefficient (Wildman–Crippen LogP) is 2.32. The van der Waals surface area contributed by atoms with Crippen molar-refractivity contribution in [1.82, 2.24) is 19.8 Å². The number of carbonyl (C=O) groups is 2. The van der Waals surface area contributed by atoms with E-state index in [-0.39, 0.29) is 43.9 Å². The van der Waals surface area contributed by atoms with Crippen molar-refractivity contribution >= 4 is 11.8 Å². The summed E-state index contributed by atoms with van der Waals surface area (Å²) in [4.78, 5) is 36.7. The van der Waals surface area contributed by atoms with Crippen molar-refractivity contribution in [2.24, 2.45) is 5.92 Å². The van der Waals surface area contributed by atoms with Gasteiger partial charge in [0.15, 0.2) is 0 Å². The minimum atomic E-state index is -4.47. The molecule has 0 N–H and O–H groups in total. The monoisotopic (exact) mass is 464 g/mol. The number of alkyl halides is 3. The summed E-state index contributed by atoms with van der Waals surface area (Å²) in [6.07, 6.45) is -0.828. The summed E-state index contributed by atoms with van der Waals surface area (Å²) in [5, 5.41) is 0. The van der Waals surface area contributed by atoms with Gasteiger partial charge in [-0.3, -0.25) is 14.6 Å². The van der Waals surface area contributed by atoms with E-state index < -0.39 is 29.8 Å². The average molecular weight is 464 g/mol. The molecule has 3 atom stereocenters. The molecule has 0 saturated carbocycles. The summed E-state index contributed by atoms with van der Waals surface area (Å²) in [6, 6.07) is 5.26. The molecule has 0 aromatic carbocycles. The zero-order valence-corrected chi connectivity index (χ0v) is 17.9. The number of carbonyl (C=O) groups excluding carboxylic acids is 2. The molecule has 0 spiro atoms. The van der Waals surface area contributed by atoms with Crippen molar-refractivity contribution in [3.63, 3.8) is 0 Å². The first kappa shape index (κ1) is 23.0. The number of pyridine rings is 2. The Morgan fingerprint density at radius 1 is 1.27 bits per heavy atom. The first-order chi connectivity index (χ1) is 15.7. The molecule has 33 heavy (non-hydrogen) atoms. The molecule has 0 aliphatic carbocycles. The summed E-state index contributed by atoms with van der Waals surface area (Å²) in [7, 11) is 1.68. The van der Waals surface area contributed by atoms with Crippen molar-refractivity contribution < 1.29 is 32.2 Å². The van der Waals surface area contributed by atoms with Gasteiger partial charge >= 0.3 is 6.18 Å². The highest BCUT2D eigenvalue weighted by atomic mass is 19.4. The molecule has 2 fully saturated rings. The van der Waals surface area contributed by atoms with Crippen molar-refractivity contribution in [3.05, 3.63) is 54.0 Å². The SMILES string of the molecule is CN1C(=O)C[C@@H](C(=O)N2CCOC(COc3ccc(C(F)(F)F)cn3)C2)[C@@H]1c1cccnc1. The maximum Gasteiger partial charge on any atom is 0.417 e. The van der Waals surface area contributed by atoms with E-state index in [1.54, 1.807) is 35.3 Å². The van der Waals surface area contributed by atoms with Crippen LogP contribution >= 0.6 is 0 Å². The fourth-order valence-electron chi connectivity index (χ4n) is 4.16. The normalized spacial score (nSPS) is 23.6. The van der Waals surface area contributed by atoms with E-state index in [1.165, 1.54) is 0 Å². The molecule has 2 aromatic heterocycles. The molecule has 2 amide bonds. The minimum absolute atomic E-state index is 0.0255. The first-order valence-corrected chi connectivity index (χ1v) is 10.5. The molecule has 2 aliphatic heterocycles. The van der Waals surface area contributed by atoms with E-state index in [9.17, 15) is 22.8 Å². The molecule has 11 heteroatoms. The molecule has 4 heterocycles. The molecule has 2 aromatic rings. The van der Waals surface area contributed by atoms with Gasteiger partial charge in [-0.25, -0.2) is 4.98 Å². The van der Waals surface area contributed by atoms with Crippen LogP contribution in [0.2, 0.25) is 0 Å². The van der Waals surface area contributed by atoms with Crippen molar-refractivity contribution in [1.29, 1.82) is 0 Å². The molecule has 0 bridgehead atoms. The summed E-state index contributed by atoms with van der Waals surface area (Å²) < 4.78 is 49.1. The van der Waals surface area contributed by atoms with Crippen molar-refractivity contribution in [3.8, 4) is 5.88 Å². The van der Waals surface area contributed by atoms with E-state index in [4.69, 9.17) is 9.47 Å². The second-order valence-corrected chi connectivity index (χ2v) is 8.02. The van der Waals surface area contributed by atoms with Crippen molar-refractivity contribution in [2.45, 2.75) is 24.7 Å². The topological polar surface area (TPSA) is 84.9 Å². The third kappa shape index (κ3) is 5.08. The van der Waals surface area contributed by atoms with E-state index in [1.807, 2.05) is 6.07 Å². The number of nitrogens with zero attached hydrogens (tertiary/aromatic N) is 4. The van der Waals surface area contributed by atoms with Gasteiger partial charge in [0.1, 0.15) is 12.7 Å². The van der Waals surface area contributed by atoms with Crippen molar-refractivity contribution in [2.75, 3.05) is 33.4 Å². The van der Waals surface area contributed by atoms with Crippen LogP contribution in [0, 0.1) is 5.92 Å². The van der Waals surface area contributed by atoms with Crippen LogP contribution < -0.4 is 4.74 Å². The van der Waals surface area contributed by atoms with Crippen LogP contribution in [0.4, 0.5) is 13.2 Å². The summed E-state index contributed by atoms with van der Waals surface area (Å²) >= 11 is 0. The standard InChI is InChI=1S/C22H23F3N4O4/c1-28-19(30)9-17(20(28)14-3-2-6-26-10-14)21(31)29-7-8-32-16(12-29)13-33-18-5-4-15(11-27-18)22(23,24)25/h2-6,10-11,16-17,20H,7-9,12-13H2,1H3/t16?,17-,20+/m1/s1. The second-order valence-electron chi connectivity index (χ2n) is 8.02. The maximum absolute atomic E-state index is 13.3. The van der Waals surface area contributed by atoms with Gasteiger partial charge in [-0.15, -0.1) is 0 Å². The molecular formula is C22H23F3N4O4. The lowest BCUT2D eigenvalue weighted by atomic mass is 9.93. The molecule has 8 nitrogen and oxygen atoms in total. The van der Waals surface area contributed by atoms with Crippen LogP contribution in [0.3, 0.4) is 0 Å². The van der Waals surface area contributed by atoms with Gasteiger partial charge in [-0.05, 0) is 17.7 Å². The summed E-state index contributed by atoms with van der Waals surface area (Å²) in [5.74, 6) is -0.760. The largest absolute Gasteiger partial charge is 0.475 e. The Morgan fingerprint density at radius 3 is 2.76 bits per heavy atom. The number of halogens is 3. The van der Waals surface area contributed by atoms with E-state index in [0.29, 0.717) is 12.7 Å². The Morgan fingerprint density at radius 2 is 2.09 bits per heavy atom. The Hall–Kier alpha value is -3.21. The van der Waals surface area contributed by atoms with Gasteiger partial charge in [0, 0.05) is 44.7 Å². The zero-order valence-electron chi connectivity index (χ0n) is 17.9. The molecule has 1 unspecified atom stereocenters. The van der Waals surface area contributed by atoms with Gasteiger partial charge in [0.05, 0.1) is 30.7 Å². The summed E-state index contributed by atoms with van der Waals surface area (Å²) in [6.45, 7) is 0.932. The molecule has 4 rings (SSSR count). The van der Waals surface area contributed by atoms with Crippen LogP contribution in [0.1, 0.15) is 23.6 Å². The number of rotatable bonds is 5. The number of morpholine rings is 1. The lowest BCUT2D eigenvalue weighted by Crippen LogP contribution is -2.50. The number of hydrogen-bond donors (Lipinski definition) is 0. The van der Waals surface area contributed by atoms with E-state index >= 15 is 0 Å². The Kier molecular flexibility index (Phi) is 6.50. The van der Waals surface area contributed by atoms with Gasteiger partial charge in [0.25, 0.3) is 0 Å². The number of ether oxygens (including phenoxy) is 2. The van der Waals surface area contributed by atoms with Gasteiger partial charge in [-0.2, -0.15) is 13.2 Å². The highest BCUT2D eigenvalue weighted by Crippen LogP contribution is 2.38. The van der Waals surface area contributed by atoms with Gasteiger partial charge < -0.3 is 19.3 Å². The average Bonchev–Trinajstić information content (AvgIpc) is 3.12. The quantitative estimate of drug-likeness (QED) is 0.675. The van der Waals surface area contributed by atoms with Crippen LogP contribution in [-0.4, -0.2) is 71.0 Å². The van der Waals surface area contributed by atoms with Crippen LogP contribution in [0.25, 0.3) is 0 Å². The fourth-order valence-corrected chi connectivity index (χ4v) is 4.16. The van der Waals surface area contributed by atoms with Crippen LogP contribution in [-0.2, 0) is 20.5 Å². The molecule has 2 aliphatic rings.